The maximum Gasteiger partial charge on any atom is 0.295 e. The number of hydrogen-bond acceptors (Lipinski definition) is 7. The van der Waals surface area contributed by atoms with Gasteiger partial charge in [-0.15, -0.1) is 0 Å². The average molecular weight is 407 g/mol. The van der Waals surface area contributed by atoms with Crippen LogP contribution in [0.1, 0.15) is 11.3 Å². The topological polar surface area (TPSA) is 116 Å². The Kier molecular flexibility index (Phi) is 5.23. The fraction of sp³-hybridized carbons (Fsp3) is 0.278. The second kappa shape index (κ2) is 7.47. The van der Waals surface area contributed by atoms with Crippen LogP contribution >= 0.6 is 0 Å². The number of ether oxygens (including phenoxy) is 3. The number of sulfonamides is 1. The van der Waals surface area contributed by atoms with Crippen LogP contribution in [0.5, 0.6) is 17.2 Å². The number of nitrogens with one attached hydrogen (secondary N) is 2. The van der Waals surface area contributed by atoms with Gasteiger partial charge in [-0.05, 0) is 26.0 Å². The van der Waals surface area contributed by atoms with Crippen molar-refractivity contribution >= 4 is 15.7 Å². The molecule has 0 saturated carbocycles. The van der Waals surface area contributed by atoms with Crippen molar-refractivity contribution in [3.8, 4) is 28.7 Å². The lowest BCUT2D eigenvalue weighted by atomic mass is 10.2. The number of furan rings is 1. The number of H-pyrrole nitrogens is 1. The molecule has 0 unspecified atom stereocenters. The van der Waals surface area contributed by atoms with E-state index in [4.69, 9.17) is 18.6 Å². The Balaban J connectivity index is 1.94. The third-order valence-corrected chi connectivity index (χ3v) is 5.50. The summed E-state index contributed by atoms with van der Waals surface area (Å²) in [5.41, 5.74) is 2.56. The van der Waals surface area contributed by atoms with E-state index >= 15 is 0 Å². The molecule has 1 aromatic carbocycles. The van der Waals surface area contributed by atoms with Crippen molar-refractivity contribution in [1.29, 1.82) is 0 Å². The molecule has 9 nitrogen and oxygen atoms in total. The van der Waals surface area contributed by atoms with Gasteiger partial charge in [0, 0.05) is 23.4 Å². The predicted octanol–water partition coefficient (Wildman–Crippen LogP) is 3.11. The zero-order chi connectivity index (χ0) is 20.5. The highest BCUT2D eigenvalue weighted by molar-refractivity contribution is 7.92. The first-order valence-corrected chi connectivity index (χ1v) is 9.73. The van der Waals surface area contributed by atoms with Crippen molar-refractivity contribution < 1.29 is 27.0 Å². The molecule has 150 valence electrons. The number of aryl methyl sites for hydroxylation is 1. The molecule has 0 amide bonds. The first-order chi connectivity index (χ1) is 13.3. The Bertz CT molecular complexity index is 1080. The van der Waals surface area contributed by atoms with E-state index < -0.39 is 10.0 Å². The molecule has 0 saturated heterocycles. The molecule has 0 fully saturated rings. The summed E-state index contributed by atoms with van der Waals surface area (Å²) in [7, 11) is 0.377. The Morgan fingerprint density at radius 1 is 1.04 bits per heavy atom. The summed E-state index contributed by atoms with van der Waals surface area (Å²) in [6.45, 7) is 3.75. The van der Waals surface area contributed by atoms with Gasteiger partial charge in [0.15, 0.2) is 17.3 Å². The molecule has 0 aliphatic carbocycles. The van der Waals surface area contributed by atoms with E-state index in [2.05, 4.69) is 14.9 Å². The molecule has 0 aliphatic rings. The minimum Gasteiger partial charge on any atom is -0.493 e. The lowest BCUT2D eigenvalue weighted by Gasteiger charge is -2.14. The maximum atomic E-state index is 12.7. The van der Waals surface area contributed by atoms with Crippen molar-refractivity contribution in [2.24, 2.45) is 0 Å². The fourth-order valence-corrected chi connectivity index (χ4v) is 3.64. The van der Waals surface area contributed by atoms with Crippen LogP contribution < -0.4 is 18.9 Å². The molecule has 0 spiro atoms. The van der Waals surface area contributed by atoms with Crippen LogP contribution in [0.4, 0.5) is 5.69 Å². The molecular formula is C18H21N3O6S. The Morgan fingerprint density at radius 2 is 1.68 bits per heavy atom. The zero-order valence-electron chi connectivity index (χ0n) is 16.1. The van der Waals surface area contributed by atoms with E-state index in [1.165, 1.54) is 39.5 Å². The van der Waals surface area contributed by atoms with Gasteiger partial charge in [-0.25, -0.2) is 0 Å². The molecule has 2 aromatic heterocycles. The van der Waals surface area contributed by atoms with Gasteiger partial charge < -0.3 is 18.6 Å². The first-order valence-electron chi connectivity index (χ1n) is 8.25. The van der Waals surface area contributed by atoms with Crippen molar-refractivity contribution in [1.82, 2.24) is 10.2 Å². The van der Waals surface area contributed by atoms with E-state index in [9.17, 15) is 8.42 Å². The van der Waals surface area contributed by atoms with Gasteiger partial charge in [-0.3, -0.25) is 9.82 Å². The molecule has 0 aliphatic heterocycles. The number of methoxy groups -OCH3 is 3. The molecule has 0 bridgehead atoms. The fourth-order valence-electron chi connectivity index (χ4n) is 2.66. The normalized spacial score (nSPS) is 11.3. The zero-order valence-corrected chi connectivity index (χ0v) is 16.9. The summed E-state index contributed by atoms with van der Waals surface area (Å²) in [6, 6.07) is 5.92. The highest BCUT2D eigenvalue weighted by Gasteiger charge is 2.23. The van der Waals surface area contributed by atoms with E-state index in [0.29, 0.717) is 28.7 Å². The van der Waals surface area contributed by atoms with Crippen molar-refractivity contribution in [2.75, 3.05) is 26.1 Å². The third kappa shape index (κ3) is 3.50. The van der Waals surface area contributed by atoms with Gasteiger partial charge >= 0.3 is 0 Å². The van der Waals surface area contributed by atoms with Crippen LogP contribution in [0.2, 0.25) is 0 Å². The minimum atomic E-state index is -3.98. The minimum absolute atomic E-state index is 0.235. The third-order valence-electron chi connectivity index (χ3n) is 4.25. The highest BCUT2D eigenvalue weighted by Crippen LogP contribution is 2.40. The van der Waals surface area contributed by atoms with Crippen LogP contribution in [0.3, 0.4) is 0 Å². The molecule has 3 aromatic rings. The van der Waals surface area contributed by atoms with Gasteiger partial charge in [0.1, 0.15) is 5.69 Å². The number of aromatic amines is 1. The summed E-state index contributed by atoms with van der Waals surface area (Å²) in [5, 5.41) is 6.75. The van der Waals surface area contributed by atoms with E-state index in [1.54, 1.807) is 6.07 Å². The quantitative estimate of drug-likeness (QED) is 0.618. The number of anilines is 1. The largest absolute Gasteiger partial charge is 0.493 e. The maximum absolute atomic E-state index is 12.7. The van der Waals surface area contributed by atoms with Gasteiger partial charge in [0.2, 0.25) is 10.8 Å². The first kappa shape index (κ1) is 19.6. The average Bonchev–Trinajstić information content (AvgIpc) is 3.28. The van der Waals surface area contributed by atoms with Gasteiger partial charge in [-0.2, -0.15) is 13.5 Å². The van der Waals surface area contributed by atoms with Crippen LogP contribution in [0, 0.1) is 13.8 Å². The predicted molar refractivity (Wildman–Crippen MR) is 103 cm³/mol. The number of aromatic nitrogens is 2. The van der Waals surface area contributed by atoms with Gasteiger partial charge in [0.05, 0.1) is 27.0 Å². The van der Waals surface area contributed by atoms with Crippen molar-refractivity contribution in [3.05, 3.63) is 35.5 Å². The van der Waals surface area contributed by atoms with Crippen molar-refractivity contribution in [2.45, 2.75) is 18.9 Å². The molecule has 2 N–H and O–H groups in total. The summed E-state index contributed by atoms with van der Waals surface area (Å²) in [5.74, 6) is 1.36. The lowest BCUT2D eigenvalue weighted by Crippen LogP contribution is -2.12. The van der Waals surface area contributed by atoms with E-state index in [0.717, 1.165) is 11.3 Å². The molecule has 28 heavy (non-hydrogen) atoms. The standard InChI is InChI=1S/C18H21N3O6S/c1-10-11(2)19-20-17(10)13-6-7-16(27-13)28(22,23)21-12-8-14(24-3)18(26-5)15(9-12)25-4/h6-9,21H,1-5H3,(H,19,20). The number of nitrogens with zero attached hydrogens (tertiary/aromatic N) is 1. The summed E-state index contributed by atoms with van der Waals surface area (Å²) >= 11 is 0. The van der Waals surface area contributed by atoms with Gasteiger partial charge in [-0.1, -0.05) is 0 Å². The molecule has 0 radical (unpaired) electrons. The Morgan fingerprint density at radius 3 is 2.18 bits per heavy atom. The lowest BCUT2D eigenvalue weighted by molar-refractivity contribution is 0.324. The second-order valence-electron chi connectivity index (χ2n) is 5.96. The highest BCUT2D eigenvalue weighted by atomic mass is 32.2. The van der Waals surface area contributed by atoms with Crippen LogP contribution in [-0.4, -0.2) is 39.9 Å². The number of benzene rings is 1. The van der Waals surface area contributed by atoms with Crippen molar-refractivity contribution in [3.63, 3.8) is 0 Å². The molecule has 2 heterocycles. The van der Waals surface area contributed by atoms with Crippen LogP contribution in [0.25, 0.3) is 11.5 Å². The molecule has 0 atom stereocenters. The van der Waals surface area contributed by atoms with Crippen LogP contribution in [-0.2, 0) is 10.0 Å². The Labute approximate surface area is 162 Å². The summed E-state index contributed by atoms with van der Waals surface area (Å²) < 4.78 is 49.2. The van der Waals surface area contributed by atoms with Gasteiger partial charge in [0.25, 0.3) is 10.0 Å². The number of rotatable bonds is 7. The molecule has 3 rings (SSSR count). The van der Waals surface area contributed by atoms with Crippen LogP contribution in [0.15, 0.2) is 33.8 Å². The Hall–Kier alpha value is -3.14. The monoisotopic (exact) mass is 407 g/mol. The smallest absolute Gasteiger partial charge is 0.295 e. The second-order valence-corrected chi connectivity index (χ2v) is 7.57. The number of hydrogen-bond donors (Lipinski definition) is 2. The van der Waals surface area contributed by atoms with E-state index in [-0.39, 0.29) is 10.8 Å². The molecular weight excluding hydrogens is 386 g/mol. The summed E-state index contributed by atoms with van der Waals surface area (Å²) in [4.78, 5) is 0. The summed E-state index contributed by atoms with van der Waals surface area (Å²) in [6.07, 6.45) is 0. The van der Waals surface area contributed by atoms with E-state index in [1.807, 2.05) is 13.8 Å². The SMILES string of the molecule is COc1cc(NS(=O)(=O)c2ccc(-c3n[nH]c(C)c3C)o2)cc(OC)c1OC. The molecule has 10 heteroatoms.